The molecule has 6 nitrogen and oxygen atoms in total. The van der Waals surface area contributed by atoms with E-state index in [0.29, 0.717) is 19.7 Å². The Morgan fingerprint density at radius 1 is 1.17 bits per heavy atom. The summed E-state index contributed by atoms with van der Waals surface area (Å²) >= 11 is 0. The molecular formula is C16H22N2O4S. The molecule has 0 saturated carbocycles. The van der Waals surface area contributed by atoms with Crippen molar-refractivity contribution in [2.75, 3.05) is 19.7 Å². The van der Waals surface area contributed by atoms with Crippen LogP contribution in [0.3, 0.4) is 0 Å². The zero-order valence-corrected chi connectivity index (χ0v) is 13.8. The molecule has 1 N–H and O–H groups in total. The maximum atomic E-state index is 12.4. The first kappa shape index (κ1) is 16.4. The lowest BCUT2D eigenvalue weighted by Gasteiger charge is -2.34. The second kappa shape index (κ2) is 6.98. The minimum Gasteiger partial charge on any atom is -0.368 e. The molecule has 1 aromatic carbocycles. The molecule has 0 radical (unpaired) electrons. The van der Waals surface area contributed by atoms with Crippen molar-refractivity contribution in [3.05, 3.63) is 30.3 Å². The van der Waals surface area contributed by atoms with Crippen LogP contribution < -0.4 is 4.72 Å². The molecule has 0 bridgehead atoms. The highest BCUT2D eigenvalue weighted by Gasteiger charge is 2.32. The molecule has 0 aromatic heterocycles. The Balaban J connectivity index is 1.63. The lowest BCUT2D eigenvalue weighted by molar-refractivity contribution is -0.142. The molecule has 2 heterocycles. The van der Waals surface area contributed by atoms with Gasteiger partial charge in [-0.15, -0.1) is 0 Å². The fourth-order valence-corrected chi connectivity index (χ4v) is 4.42. The number of nitrogens with one attached hydrogen (secondary N) is 1. The molecule has 126 valence electrons. The second-order valence-electron chi connectivity index (χ2n) is 6.06. The van der Waals surface area contributed by atoms with Crippen molar-refractivity contribution in [3.8, 4) is 0 Å². The van der Waals surface area contributed by atoms with Crippen molar-refractivity contribution in [1.29, 1.82) is 0 Å². The maximum Gasteiger partial charge on any atom is 0.251 e. The molecule has 2 saturated heterocycles. The number of hydrogen-bond donors (Lipinski definition) is 1. The molecular weight excluding hydrogens is 316 g/mol. The van der Waals surface area contributed by atoms with E-state index in [1.807, 2.05) is 0 Å². The topological polar surface area (TPSA) is 75.7 Å². The highest BCUT2D eigenvalue weighted by atomic mass is 32.2. The number of nitrogens with zero attached hydrogens (tertiary/aromatic N) is 1. The van der Waals surface area contributed by atoms with Gasteiger partial charge in [0.05, 0.1) is 4.90 Å². The number of carbonyl (C=O) groups excluding carboxylic acids is 1. The zero-order chi connectivity index (χ0) is 16.3. The van der Waals surface area contributed by atoms with Gasteiger partial charge < -0.3 is 9.64 Å². The van der Waals surface area contributed by atoms with Crippen molar-refractivity contribution in [1.82, 2.24) is 9.62 Å². The number of rotatable bonds is 4. The number of benzene rings is 1. The van der Waals surface area contributed by atoms with Crippen LogP contribution in [-0.2, 0) is 19.6 Å². The normalized spacial score (nSPS) is 25.5. The molecule has 3 rings (SSSR count). The molecule has 2 fully saturated rings. The first-order valence-electron chi connectivity index (χ1n) is 8.04. The summed E-state index contributed by atoms with van der Waals surface area (Å²) in [6.07, 6.45) is 2.85. The maximum absolute atomic E-state index is 12.4. The van der Waals surface area contributed by atoms with Gasteiger partial charge in [0.25, 0.3) is 5.91 Å². The molecule has 1 amide bonds. The molecule has 2 atom stereocenters. The van der Waals surface area contributed by atoms with Gasteiger partial charge in [0.2, 0.25) is 10.0 Å². The lowest BCUT2D eigenvalue weighted by Crippen LogP contribution is -2.51. The monoisotopic (exact) mass is 338 g/mol. The average Bonchev–Trinajstić information content (AvgIpc) is 3.09. The first-order chi connectivity index (χ1) is 11.1. The van der Waals surface area contributed by atoms with Crippen LogP contribution in [0.25, 0.3) is 0 Å². The van der Waals surface area contributed by atoms with E-state index in [-0.39, 0.29) is 22.9 Å². The number of piperidine rings is 1. The largest absolute Gasteiger partial charge is 0.368 e. The summed E-state index contributed by atoms with van der Waals surface area (Å²) in [6, 6.07) is 8.06. The van der Waals surface area contributed by atoms with E-state index in [2.05, 4.69) is 4.72 Å². The summed E-state index contributed by atoms with van der Waals surface area (Å²) in [4.78, 5) is 14.4. The summed E-state index contributed by atoms with van der Waals surface area (Å²) < 4.78 is 33.0. The minimum absolute atomic E-state index is 0.00823. The first-order valence-corrected chi connectivity index (χ1v) is 9.52. The average molecular weight is 338 g/mol. The number of carbonyl (C=O) groups is 1. The summed E-state index contributed by atoms with van der Waals surface area (Å²) in [5.74, 6) is -0.00823. The SMILES string of the molecule is O=C([C@H]1CCCO1)N1CCC[C@@H](NS(=O)(=O)c2ccccc2)C1. The molecule has 0 aliphatic carbocycles. The molecule has 1 aromatic rings. The lowest BCUT2D eigenvalue weighted by atomic mass is 10.1. The van der Waals surface area contributed by atoms with Crippen LogP contribution in [0.15, 0.2) is 35.2 Å². The van der Waals surface area contributed by atoms with Gasteiger partial charge in [-0.1, -0.05) is 18.2 Å². The van der Waals surface area contributed by atoms with E-state index in [4.69, 9.17) is 4.74 Å². The van der Waals surface area contributed by atoms with Gasteiger partial charge in [-0.05, 0) is 37.8 Å². The molecule has 7 heteroatoms. The number of amides is 1. The highest BCUT2D eigenvalue weighted by molar-refractivity contribution is 7.89. The predicted octanol–water partition coefficient (Wildman–Crippen LogP) is 1.13. The third-order valence-corrected chi connectivity index (χ3v) is 5.85. The van der Waals surface area contributed by atoms with Crippen molar-refractivity contribution in [2.24, 2.45) is 0 Å². The van der Waals surface area contributed by atoms with Crippen LogP contribution in [0.5, 0.6) is 0 Å². The highest BCUT2D eigenvalue weighted by Crippen LogP contribution is 2.19. The van der Waals surface area contributed by atoms with E-state index in [1.165, 1.54) is 0 Å². The summed E-state index contributed by atoms with van der Waals surface area (Å²) in [5, 5.41) is 0. The quantitative estimate of drug-likeness (QED) is 0.893. The number of hydrogen-bond acceptors (Lipinski definition) is 4. The number of sulfonamides is 1. The van der Waals surface area contributed by atoms with Gasteiger partial charge in [0.1, 0.15) is 6.10 Å². The van der Waals surface area contributed by atoms with E-state index in [1.54, 1.807) is 35.2 Å². The van der Waals surface area contributed by atoms with Crippen LogP contribution in [0.1, 0.15) is 25.7 Å². The van der Waals surface area contributed by atoms with Gasteiger partial charge in [-0.3, -0.25) is 4.79 Å². The van der Waals surface area contributed by atoms with Crippen molar-refractivity contribution >= 4 is 15.9 Å². The predicted molar refractivity (Wildman–Crippen MR) is 85.3 cm³/mol. The molecule has 0 unspecified atom stereocenters. The Kier molecular flexibility index (Phi) is 4.99. The number of likely N-dealkylation sites (tertiary alicyclic amines) is 1. The van der Waals surface area contributed by atoms with Crippen LogP contribution >= 0.6 is 0 Å². The Bertz CT molecular complexity index is 641. The van der Waals surface area contributed by atoms with E-state index in [0.717, 1.165) is 25.7 Å². The van der Waals surface area contributed by atoms with Gasteiger partial charge in [-0.2, -0.15) is 0 Å². The van der Waals surface area contributed by atoms with Crippen molar-refractivity contribution < 1.29 is 17.9 Å². The summed E-state index contributed by atoms with van der Waals surface area (Å²) in [6.45, 7) is 1.71. The van der Waals surface area contributed by atoms with Gasteiger partial charge >= 0.3 is 0 Å². The standard InChI is InChI=1S/C16H22N2O4S/c19-16(15-9-5-11-22-15)18-10-4-6-13(12-18)17-23(20,21)14-7-2-1-3-8-14/h1-3,7-8,13,15,17H,4-6,9-12H2/t13-,15-/m1/s1. The van der Waals surface area contributed by atoms with Crippen molar-refractivity contribution in [3.63, 3.8) is 0 Å². The van der Waals surface area contributed by atoms with E-state index in [9.17, 15) is 13.2 Å². The Hall–Kier alpha value is -1.44. The third kappa shape index (κ3) is 3.91. The van der Waals surface area contributed by atoms with Gasteiger partial charge in [0, 0.05) is 25.7 Å². The molecule has 23 heavy (non-hydrogen) atoms. The smallest absolute Gasteiger partial charge is 0.251 e. The second-order valence-corrected chi connectivity index (χ2v) is 7.77. The van der Waals surface area contributed by atoms with E-state index >= 15 is 0 Å². The molecule has 0 spiro atoms. The van der Waals surface area contributed by atoms with Crippen molar-refractivity contribution in [2.45, 2.75) is 42.7 Å². The Labute approximate surface area is 136 Å². The zero-order valence-electron chi connectivity index (χ0n) is 13.0. The summed E-state index contributed by atoms with van der Waals surface area (Å²) in [5.41, 5.74) is 0. The Morgan fingerprint density at radius 3 is 2.65 bits per heavy atom. The van der Waals surface area contributed by atoms with Crippen LogP contribution in [-0.4, -0.2) is 51.1 Å². The van der Waals surface area contributed by atoms with E-state index < -0.39 is 10.0 Å². The van der Waals surface area contributed by atoms with Gasteiger partial charge in [0.15, 0.2) is 0 Å². The van der Waals surface area contributed by atoms with Gasteiger partial charge in [-0.25, -0.2) is 13.1 Å². The Morgan fingerprint density at radius 2 is 1.96 bits per heavy atom. The summed E-state index contributed by atoms with van der Waals surface area (Å²) in [7, 11) is -3.55. The van der Waals surface area contributed by atoms with Crippen LogP contribution in [0.2, 0.25) is 0 Å². The number of ether oxygens (including phenoxy) is 1. The van der Waals surface area contributed by atoms with Crippen LogP contribution in [0, 0.1) is 0 Å². The fourth-order valence-electron chi connectivity index (χ4n) is 3.14. The fraction of sp³-hybridized carbons (Fsp3) is 0.562. The minimum atomic E-state index is -3.55. The molecule has 2 aliphatic heterocycles. The van der Waals surface area contributed by atoms with Crippen LogP contribution in [0.4, 0.5) is 0 Å². The third-order valence-electron chi connectivity index (χ3n) is 4.31. The molecule has 2 aliphatic rings.